The number of rotatable bonds is 1. The summed E-state index contributed by atoms with van der Waals surface area (Å²) in [5.74, 6) is 0. The number of aromatic nitrogens is 1. The molecule has 0 radical (unpaired) electrons. The van der Waals surface area contributed by atoms with Crippen molar-refractivity contribution in [2.45, 2.75) is 6.92 Å². The quantitative estimate of drug-likeness (QED) is 0.373. The molecular formula is C6H6N2O4. The summed E-state index contributed by atoms with van der Waals surface area (Å²) >= 11 is 0. The van der Waals surface area contributed by atoms with Gasteiger partial charge >= 0.3 is 0 Å². The fourth-order valence-electron chi connectivity index (χ4n) is 0.807. The van der Waals surface area contributed by atoms with Crippen LogP contribution in [0.5, 0.6) is 0 Å². The van der Waals surface area contributed by atoms with Gasteiger partial charge in [-0.3, -0.25) is 14.9 Å². The standard InChI is InChI=1S/C6H6N2O4/c1-4-3-7(10)6(9)2-5(4)8(11)12/h2-3,10H,1H3. The second kappa shape index (κ2) is 2.65. The van der Waals surface area contributed by atoms with Gasteiger partial charge in [-0.1, -0.05) is 0 Å². The fourth-order valence-corrected chi connectivity index (χ4v) is 0.807. The second-order valence-corrected chi connectivity index (χ2v) is 2.28. The Labute approximate surface area is 66.8 Å². The zero-order valence-corrected chi connectivity index (χ0v) is 6.22. The summed E-state index contributed by atoms with van der Waals surface area (Å²) in [4.78, 5) is 20.3. The molecule has 0 amide bonds. The van der Waals surface area contributed by atoms with Crippen molar-refractivity contribution in [2.75, 3.05) is 0 Å². The van der Waals surface area contributed by atoms with Crippen LogP contribution in [-0.2, 0) is 0 Å². The molecule has 1 aromatic heterocycles. The minimum atomic E-state index is -0.813. The average molecular weight is 170 g/mol. The minimum Gasteiger partial charge on any atom is -0.425 e. The van der Waals surface area contributed by atoms with E-state index >= 15 is 0 Å². The summed E-state index contributed by atoms with van der Waals surface area (Å²) in [6.07, 6.45) is 1.00. The molecular weight excluding hydrogens is 164 g/mol. The summed E-state index contributed by atoms with van der Waals surface area (Å²) in [6.45, 7) is 1.43. The van der Waals surface area contributed by atoms with E-state index in [0.717, 1.165) is 12.3 Å². The van der Waals surface area contributed by atoms with Gasteiger partial charge in [-0.05, 0) is 6.92 Å². The van der Waals surface area contributed by atoms with Crippen molar-refractivity contribution in [1.82, 2.24) is 4.73 Å². The zero-order chi connectivity index (χ0) is 9.30. The SMILES string of the molecule is Cc1cn(O)c(=O)cc1[N+](=O)[O-]. The molecule has 64 valence electrons. The first-order valence-corrected chi connectivity index (χ1v) is 3.09. The van der Waals surface area contributed by atoms with E-state index in [1.54, 1.807) is 0 Å². The Balaban J connectivity index is 3.43. The number of hydrogen-bond donors (Lipinski definition) is 1. The van der Waals surface area contributed by atoms with Crippen LogP contribution >= 0.6 is 0 Å². The largest absolute Gasteiger partial charge is 0.425 e. The van der Waals surface area contributed by atoms with Crippen molar-refractivity contribution in [2.24, 2.45) is 0 Å². The molecule has 0 aromatic carbocycles. The maximum Gasteiger partial charge on any atom is 0.289 e. The third kappa shape index (κ3) is 1.26. The number of pyridine rings is 1. The molecule has 0 spiro atoms. The topological polar surface area (TPSA) is 85.4 Å². The summed E-state index contributed by atoms with van der Waals surface area (Å²) in [5.41, 5.74) is -0.861. The average Bonchev–Trinajstić information content (AvgIpc) is 1.96. The molecule has 6 heteroatoms. The molecule has 0 aliphatic heterocycles. The Morgan fingerprint density at radius 2 is 2.25 bits per heavy atom. The Morgan fingerprint density at radius 1 is 1.67 bits per heavy atom. The van der Waals surface area contributed by atoms with Gasteiger partial charge in [0.25, 0.3) is 11.2 Å². The van der Waals surface area contributed by atoms with Crippen LogP contribution in [-0.4, -0.2) is 14.9 Å². The Morgan fingerprint density at radius 3 is 2.75 bits per heavy atom. The minimum absolute atomic E-state index is 0.238. The predicted molar refractivity (Wildman–Crippen MR) is 39.3 cm³/mol. The van der Waals surface area contributed by atoms with E-state index in [4.69, 9.17) is 5.21 Å². The molecule has 0 atom stereocenters. The van der Waals surface area contributed by atoms with Gasteiger partial charge in [-0.25, -0.2) is 0 Å². The van der Waals surface area contributed by atoms with E-state index in [0.29, 0.717) is 4.73 Å². The van der Waals surface area contributed by atoms with Crippen molar-refractivity contribution >= 4 is 5.69 Å². The number of nitro groups is 1. The lowest BCUT2D eigenvalue weighted by atomic mass is 10.3. The number of hydrogen-bond acceptors (Lipinski definition) is 4. The molecule has 0 aliphatic rings. The molecule has 6 nitrogen and oxygen atoms in total. The maximum atomic E-state index is 10.7. The van der Waals surface area contributed by atoms with Crippen molar-refractivity contribution in [3.63, 3.8) is 0 Å². The lowest BCUT2D eigenvalue weighted by Gasteiger charge is -1.97. The van der Waals surface area contributed by atoms with Crippen LogP contribution in [0.4, 0.5) is 5.69 Å². The van der Waals surface area contributed by atoms with Gasteiger partial charge in [0, 0.05) is 5.56 Å². The van der Waals surface area contributed by atoms with Crippen LogP contribution in [0.3, 0.4) is 0 Å². The van der Waals surface area contributed by atoms with Gasteiger partial charge in [0.15, 0.2) is 0 Å². The van der Waals surface area contributed by atoms with Crippen LogP contribution in [0.1, 0.15) is 5.56 Å². The van der Waals surface area contributed by atoms with Gasteiger partial charge in [-0.2, -0.15) is 4.73 Å². The Kier molecular flexibility index (Phi) is 1.82. The normalized spacial score (nSPS) is 9.75. The molecule has 1 aromatic rings. The molecule has 1 N–H and O–H groups in total. The van der Waals surface area contributed by atoms with E-state index in [9.17, 15) is 14.9 Å². The first-order chi connectivity index (χ1) is 5.52. The Hall–Kier alpha value is -1.85. The predicted octanol–water partition coefficient (Wildman–Crippen LogP) is 0.302. The molecule has 1 rings (SSSR count). The van der Waals surface area contributed by atoms with Gasteiger partial charge in [0.2, 0.25) is 0 Å². The first kappa shape index (κ1) is 8.25. The van der Waals surface area contributed by atoms with E-state index in [1.165, 1.54) is 6.92 Å². The fraction of sp³-hybridized carbons (Fsp3) is 0.167. The van der Waals surface area contributed by atoms with E-state index < -0.39 is 10.5 Å². The molecule has 1 heterocycles. The molecule has 0 saturated carbocycles. The first-order valence-electron chi connectivity index (χ1n) is 3.09. The number of aryl methyl sites for hydroxylation is 1. The van der Waals surface area contributed by atoms with Crippen LogP contribution in [0.15, 0.2) is 17.1 Å². The van der Waals surface area contributed by atoms with Crippen molar-refractivity contribution < 1.29 is 10.1 Å². The third-order valence-electron chi connectivity index (χ3n) is 1.40. The third-order valence-corrected chi connectivity index (χ3v) is 1.40. The highest BCUT2D eigenvalue weighted by Gasteiger charge is 2.12. The van der Waals surface area contributed by atoms with Crippen LogP contribution in [0.2, 0.25) is 0 Å². The van der Waals surface area contributed by atoms with Crippen LogP contribution < -0.4 is 5.56 Å². The van der Waals surface area contributed by atoms with Gasteiger partial charge in [-0.15, -0.1) is 0 Å². The van der Waals surface area contributed by atoms with Crippen LogP contribution in [0, 0.1) is 17.0 Å². The maximum absolute atomic E-state index is 10.7. The highest BCUT2D eigenvalue weighted by molar-refractivity contribution is 5.35. The highest BCUT2D eigenvalue weighted by atomic mass is 16.6. The van der Waals surface area contributed by atoms with Crippen molar-refractivity contribution in [1.29, 1.82) is 0 Å². The monoisotopic (exact) mass is 170 g/mol. The molecule has 0 fully saturated rings. The summed E-state index contributed by atoms with van der Waals surface area (Å²) in [6, 6.07) is 0.773. The Bertz CT molecular complexity index is 382. The molecule has 0 bridgehead atoms. The zero-order valence-electron chi connectivity index (χ0n) is 6.22. The van der Waals surface area contributed by atoms with E-state index in [-0.39, 0.29) is 11.3 Å². The second-order valence-electron chi connectivity index (χ2n) is 2.28. The highest BCUT2D eigenvalue weighted by Crippen LogP contribution is 2.12. The molecule has 0 aliphatic carbocycles. The lowest BCUT2D eigenvalue weighted by molar-refractivity contribution is -0.385. The molecule has 12 heavy (non-hydrogen) atoms. The van der Waals surface area contributed by atoms with Gasteiger partial charge < -0.3 is 5.21 Å². The van der Waals surface area contributed by atoms with Crippen molar-refractivity contribution in [3.05, 3.63) is 38.3 Å². The van der Waals surface area contributed by atoms with E-state index in [1.807, 2.05) is 0 Å². The van der Waals surface area contributed by atoms with Gasteiger partial charge in [0.05, 0.1) is 17.2 Å². The van der Waals surface area contributed by atoms with Crippen molar-refractivity contribution in [3.8, 4) is 0 Å². The molecule has 0 saturated heterocycles. The van der Waals surface area contributed by atoms with E-state index in [2.05, 4.69) is 0 Å². The lowest BCUT2D eigenvalue weighted by Crippen LogP contribution is -2.17. The number of nitrogens with zero attached hydrogens (tertiary/aromatic N) is 2. The van der Waals surface area contributed by atoms with Gasteiger partial charge in [0.1, 0.15) is 0 Å². The summed E-state index contributed by atoms with van der Waals surface area (Å²) in [5, 5.41) is 19.0. The smallest absolute Gasteiger partial charge is 0.289 e. The van der Waals surface area contributed by atoms with Crippen LogP contribution in [0.25, 0.3) is 0 Å². The summed E-state index contributed by atoms with van der Waals surface area (Å²) < 4.78 is 0.308. The summed E-state index contributed by atoms with van der Waals surface area (Å²) in [7, 11) is 0. The molecule has 0 unspecified atom stereocenters.